The Kier molecular flexibility index (Phi) is 8.14. The largest absolute Gasteiger partial charge is 0.490 e. The first-order chi connectivity index (χ1) is 15.4. The molecule has 0 aliphatic rings. The molecule has 6 nitrogen and oxygen atoms in total. The van der Waals surface area contributed by atoms with Crippen LogP contribution < -0.4 is 14.8 Å². The molecular formula is C24H24ClNO5S. The Morgan fingerprint density at radius 1 is 0.969 bits per heavy atom. The highest BCUT2D eigenvalue weighted by atomic mass is 35.5. The maximum Gasteiger partial charge on any atom is 0.341 e. The monoisotopic (exact) mass is 473 g/mol. The molecule has 8 heteroatoms. The van der Waals surface area contributed by atoms with Gasteiger partial charge in [0.05, 0.1) is 13.2 Å². The van der Waals surface area contributed by atoms with Crippen molar-refractivity contribution in [3.05, 3.63) is 64.0 Å². The number of halogens is 1. The van der Waals surface area contributed by atoms with Crippen LogP contribution in [-0.4, -0.2) is 31.7 Å². The quantitative estimate of drug-likeness (QED) is 0.387. The average molecular weight is 474 g/mol. The Morgan fingerprint density at radius 2 is 1.62 bits per heavy atom. The summed E-state index contributed by atoms with van der Waals surface area (Å²) in [4.78, 5) is 26.3. The summed E-state index contributed by atoms with van der Waals surface area (Å²) >= 11 is 7.32. The van der Waals surface area contributed by atoms with Gasteiger partial charge in [0.15, 0.2) is 18.1 Å². The molecule has 0 bridgehead atoms. The summed E-state index contributed by atoms with van der Waals surface area (Å²) < 4.78 is 16.4. The number of aryl methyl sites for hydroxylation is 1. The maximum absolute atomic E-state index is 12.8. The fraction of sp³-hybridized carbons (Fsp3) is 0.250. The molecule has 168 valence electrons. The Morgan fingerprint density at radius 3 is 2.25 bits per heavy atom. The van der Waals surface area contributed by atoms with E-state index in [2.05, 4.69) is 5.32 Å². The fourth-order valence-electron chi connectivity index (χ4n) is 3.15. The van der Waals surface area contributed by atoms with Gasteiger partial charge >= 0.3 is 5.97 Å². The number of esters is 1. The van der Waals surface area contributed by atoms with E-state index in [0.29, 0.717) is 39.3 Å². The first kappa shape index (κ1) is 23.6. The van der Waals surface area contributed by atoms with E-state index in [4.69, 9.17) is 25.8 Å². The Bertz CT molecular complexity index is 1090. The summed E-state index contributed by atoms with van der Waals surface area (Å²) in [6.07, 6.45) is 0. The predicted molar refractivity (Wildman–Crippen MR) is 127 cm³/mol. The molecule has 1 aromatic heterocycles. The Hall–Kier alpha value is -3.03. The van der Waals surface area contributed by atoms with Crippen LogP contribution in [0, 0.1) is 6.92 Å². The van der Waals surface area contributed by atoms with Crippen LogP contribution in [0.15, 0.2) is 48.5 Å². The molecular weight excluding hydrogens is 450 g/mol. The normalized spacial score (nSPS) is 10.5. The number of anilines is 1. The SMILES string of the molecule is CCOC(=O)c1c(NC(=O)COc2ccccc2OCC)sc(C)c1-c1ccc(Cl)cc1. The summed E-state index contributed by atoms with van der Waals surface area (Å²) in [7, 11) is 0. The van der Waals surface area contributed by atoms with Gasteiger partial charge in [-0.25, -0.2) is 4.79 Å². The van der Waals surface area contributed by atoms with Crippen LogP contribution in [0.4, 0.5) is 5.00 Å². The van der Waals surface area contributed by atoms with Gasteiger partial charge in [-0.3, -0.25) is 4.79 Å². The number of hydrogen-bond acceptors (Lipinski definition) is 6. The van der Waals surface area contributed by atoms with Gasteiger partial charge in [0.2, 0.25) is 0 Å². The highest BCUT2D eigenvalue weighted by Crippen LogP contribution is 2.40. The zero-order valence-electron chi connectivity index (χ0n) is 18.1. The van der Waals surface area contributed by atoms with Gasteiger partial charge in [-0.2, -0.15) is 0 Å². The fourth-order valence-corrected chi connectivity index (χ4v) is 4.35. The molecule has 0 spiro atoms. The molecule has 0 unspecified atom stereocenters. The highest BCUT2D eigenvalue weighted by molar-refractivity contribution is 7.17. The van der Waals surface area contributed by atoms with Crippen molar-refractivity contribution in [2.75, 3.05) is 25.1 Å². The standard InChI is InChI=1S/C24H24ClNO5S/c1-4-29-18-8-6-7-9-19(18)31-14-20(27)26-23-22(24(28)30-5-2)21(15(3)32-23)16-10-12-17(25)13-11-16/h6-13H,4-5,14H2,1-3H3,(H,26,27). The molecule has 0 aliphatic heterocycles. The first-order valence-corrected chi connectivity index (χ1v) is 11.3. The van der Waals surface area contributed by atoms with Gasteiger partial charge in [0.25, 0.3) is 5.91 Å². The molecule has 2 aromatic carbocycles. The van der Waals surface area contributed by atoms with Gasteiger partial charge in [-0.1, -0.05) is 35.9 Å². The second-order valence-electron chi connectivity index (χ2n) is 6.68. The smallest absolute Gasteiger partial charge is 0.341 e. The van der Waals surface area contributed by atoms with Crippen LogP contribution >= 0.6 is 22.9 Å². The molecule has 1 N–H and O–H groups in total. The number of para-hydroxylation sites is 2. The summed E-state index contributed by atoms with van der Waals surface area (Å²) in [5.41, 5.74) is 1.84. The number of benzene rings is 2. The number of carbonyl (C=O) groups is 2. The molecule has 3 aromatic rings. The Balaban J connectivity index is 1.84. The molecule has 0 atom stereocenters. The van der Waals surface area contributed by atoms with Gasteiger partial charge in [-0.05, 0) is 50.6 Å². The lowest BCUT2D eigenvalue weighted by atomic mass is 10.0. The van der Waals surface area contributed by atoms with Crippen LogP contribution in [0.2, 0.25) is 5.02 Å². The van der Waals surface area contributed by atoms with E-state index in [1.165, 1.54) is 11.3 Å². The number of rotatable bonds is 9. The van der Waals surface area contributed by atoms with E-state index in [9.17, 15) is 9.59 Å². The number of hydrogen-bond donors (Lipinski definition) is 1. The van der Waals surface area contributed by atoms with Crippen molar-refractivity contribution in [2.45, 2.75) is 20.8 Å². The minimum Gasteiger partial charge on any atom is -0.490 e. The third-order valence-corrected chi connectivity index (χ3v) is 5.73. The van der Waals surface area contributed by atoms with E-state index in [-0.39, 0.29) is 13.2 Å². The molecule has 32 heavy (non-hydrogen) atoms. The molecule has 0 radical (unpaired) electrons. The van der Waals surface area contributed by atoms with Crippen LogP contribution in [0.1, 0.15) is 29.1 Å². The van der Waals surface area contributed by atoms with E-state index in [1.807, 2.05) is 32.0 Å². The molecule has 1 amide bonds. The molecule has 1 heterocycles. The topological polar surface area (TPSA) is 73.9 Å². The second-order valence-corrected chi connectivity index (χ2v) is 8.34. The number of amides is 1. The molecule has 0 fully saturated rings. The van der Waals surface area contributed by atoms with Crippen molar-refractivity contribution in [3.8, 4) is 22.6 Å². The van der Waals surface area contributed by atoms with Crippen molar-refractivity contribution in [1.82, 2.24) is 0 Å². The van der Waals surface area contributed by atoms with Gasteiger partial charge < -0.3 is 19.5 Å². The summed E-state index contributed by atoms with van der Waals surface area (Å²) in [5, 5.41) is 3.81. The lowest BCUT2D eigenvalue weighted by Crippen LogP contribution is -2.21. The number of thiophene rings is 1. The van der Waals surface area contributed by atoms with E-state index >= 15 is 0 Å². The highest BCUT2D eigenvalue weighted by Gasteiger charge is 2.25. The third kappa shape index (κ3) is 5.60. The molecule has 0 aliphatic carbocycles. The summed E-state index contributed by atoms with van der Waals surface area (Å²) in [6, 6.07) is 14.3. The first-order valence-electron chi connectivity index (χ1n) is 10.2. The van der Waals surface area contributed by atoms with Crippen molar-refractivity contribution in [1.29, 1.82) is 0 Å². The van der Waals surface area contributed by atoms with Gasteiger partial charge in [0, 0.05) is 15.5 Å². The molecule has 0 saturated heterocycles. The zero-order valence-corrected chi connectivity index (χ0v) is 19.6. The van der Waals surface area contributed by atoms with Crippen LogP contribution in [0.25, 0.3) is 11.1 Å². The number of nitrogens with one attached hydrogen (secondary N) is 1. The van der Waals surface area contributed by atoms with Crippen molar-refractivity contribution in [2.24, 2.45) is 0 Å². The lowest BCUT2D eigenvalue weighted by molar-refractivity contribution is -0.118. The molecule has 0 saturated carbocycles. The van der Waals surface area contributed by atoms with Crippen molar-refractivity contribution in [3.63, 3.8) is 0 Å². The van der Waals surface area contributed by atoms with Crippen LogP contribution in [0.5, 0.6) is 11.5 Å². The van der Waals surface area contributed by atoms with E-state index in [1.54, 1.807) is 37.3 Å². The average Bonchev–Trinajstić information content (AvgIpc) is 3.09. The molecule has 3 rings (SSSR count). The Labute approximate surface area is 196 Å². The van der Waals surface area contributed by atoms with Gasteiger partial charge in [0.1, 0.15) is 10.6 Å². The third-order valence-electron chi connectivity index (χ3n) is 4.46. The van der Waals surface area contributed by atoms with Crippen molar-refractivity contribution >= 4 is 39.8 Å². The minimum atomic E-state index is -0.500. The van der Waals surface area contributed by atoms with E-state index in [0.717, 1.165) is 10.4 Å². The van der Waals surface area contributed by atoms with Crippen molar-refractivity contribution < 1.29 is 23.8 Å². The van der Waals surface area contributed by atoms with Gasteiger partial charge in [-0.15, -0.1) is 11.3 Å². The zero-order chi connectivity index (χ0) is 23.1. The predicted octanol–water partition coefficient (Wildman–Crippen LogP) is 5.97. The number of carbonyl (C=O) groups excluding carboxylic acids is 2. The maximum atomic E-state index is 12.8. The summed E-state index contributed by atoms with van der Waals surface area (Å²) in [5.74, 6) is 0.136. The lowest BCUT2D eigenvalue weighted by Gasteiger charge is -2.12. The van der Waals surface area contributed by atoms with Crippen LogP contribution in [-0.2, 0) is 9.53 Å². The van der Waals surface area contributed by atoms with E-state index < -0.39 is 11.9 Å². The number of ether oxygens (including phenoxy) is 3. The second kappa shape index (κ2) is 11.0. The van der Waals surface area contributed by atoms with Crippen LogP contribution in [0.3, 0.4) is 0 Å². The summed E-state index contributed by atoms with van der Waals surface area (Å²) in [6.45, 7) is 5.97. The minimum absolute atomic E-state index is 0.221.